The summed E-state index contributed by atoms with van der Waals surface area (Å²) in [5.74, 6) is 0. The molecule has 0 spiro atoms. The summed E-state index contributed by atoms with van der Waals surface area (Å²) < 4.78 is 1.07. The zero-order valence-electron chi connectivity index (χ0n) is 9.57. The topological polar surface area (TPSA) is 37.3 Å². The van der Waals surface area contributed by atoms with Crippen LogP contribution in [0.3, 0.4) is 0 Å². The Morgan fingerprint density at radius 3 is 2.65 bits per heavy atom. The Balaban J connectivity index is 2.18. The van der Waals surface area contributed by atoms with Gasteiger partial charge in [0.05, 0.1) is 5.69 Å². The molecule has 2 rings (SSSR count). The molecule has 1 aromatic heterocycles. The fourth-order valence-electron chi connectivity index (χ4n) is 1.24. The van der Waals surface area contributed by atoms with Gasteiger partial charge in [0.15, 0.2) is 0 Å². The zero-order chi connectivity index (χ0) is 12.3. The normalized spacial score (nSPS) is 10.1. The largest absolute Gasteiger partial charge is 0.253 e. The van der Waals surface area contributed by atoms with E-state index in [2.05, 4.69) is 31.4 Å². The van der Waals surface area contributed by atoms with Gasteiger partial charge in [-0.25, -0.2) is 4.98 Å². The van der Waals surface area contributed by atoms with E-state index in [4.69, 9.17) is 0 Å². The van der Waals surface area contributed by atoms with E-state index in [1.54, 1.807) is 11.3 Å². The van der Waals surface area contributed by atoms with Crippen LogP contribution in [0.4, 0.5) is 5.13 Å². The summed E-state index contributed by atoms with van der Waals surface area (Å²) in [6.45, 7) is 3.88. The van der Waals surface area contributed by atoms with Gasteiger partial charge in [0.2, 0.25) is 5.13 Å². The molecule has 1 N–H and O–H groups in total. The highest BCUT2D eigenvalue weighted by Crippen LogP contribution is 2.25. The number of halogens is 1. The van der Waals surface area contributed by atoms with Gasteiger partial charge >= 0.3 is 0 Å². The van der Waals surface area contributed by atoms with Crippen LogP contribution in [-0.4, -0.2) is 10.7 Å². The fraction of sp³-hybridized carbons (Fsp3) is 0.167. The van der Waals surface area contributed by atoms with Gasteiger partial charge in [0.25, 0.3) is 0 Å². The summed E-state index contributed by atoms with van der Waals surface area (Å²) in [6, 6.07) is 8.10. The summed E-state index contributed by atoms with van der Waals surface area (Å²) in [7, 11) is 0. The van der Waals surface area contributed by atoms with Gasteiger partial charge in [-0.1, -0.05) is 28.1 Å². The molecule has 0 bridgehead atoms. The van der Waals surface area contributed by atoms with Gasteiger partial charge in [0.1, 0.15) is 0 Å². The van der Waals surface area contributed by atoms with E-state index in [9.17, 15) is 0 Å². The second-order valence-electron chi connectivity index (χ2n) is 3.72. The minimum atomic E-state index is 0.809. The molecule has 0 aliphatic heterocycles. The first kappa shape index (κ1) is 12.3. The van der Waals surface area contributed by atoms with Gasteiger partial charge in [-0.3, -0.25) is 5.43 Å². The number of nitrogens with zero attached hydrogens (tertiary/aromatic N) is 2. The van der Waals surface area contributed by atoms with Crippen LogP contribution in [0.25, 0.3) is 11.3 Å². The minimum absolute atomic E-state index is 0.809. The molecule has 0 fully saturated rings. The lowest BCUT2D eigenvalue weighted by molar-refractivity contribution is 1.27. The maximum Gasteiger partial charge on any atom is 0.203 e. The SMILES string of the molecule is CC(C)=NNc1nc(-c2ccc(Br)cc2)cs1. The molecule has 17 heavy (non-hydrogen) atoms. The van der Waals surface area contributed by atoms with Crippen LogP contribution in [0.15, 0.2) is 39.2 Å². The van der Waals surface area contributed by atoms with Gasteiger partial charge in [-0.2, -0.15) is 5.10 Å². The van der Waals surface area contributed by atoms with Crippen LogP contribution in [-0.2, 0) is 0 Å². The van der Waals surface area contributed by atoms with Crippen LogP contribution in [0.5, 0.6) is 0 Å². The van der Waals surface area contributed by atoms with E-state index in [0.29, 0.717) is 0 Å². The molecule has 0 aliphatic rings. The molecule has 0 saturated carbocycles. The van der Waals surface area contributed by atoms with E-state index >= 15 is 0 Å². The quantitative estimate of drug-likeness (QED) is 0.675. The molecule has 0 saturated heterocycles. The van der Waals surface area contributed by atoms with Gasteiger partial charge in [-0.15, -0.1) is 11.3 Å². The number of nitrogens with one attached hydrogen (secondary N) is 1. The second-order valence-corrected chi connectivity index (χ2v) is 5.49. The minimum Gasteiger partial charge on any atom is -0.253 e. The Morgan fingerprint density at radius 1 is 1.29 bits per heavy atom. The third kappa shape index (κ3) is 3.38. The lowest BCUT2D eigenvalue weighted by Gasteiger charge is -1.97. The molecule has 2 aromatic rings. The van der Waals surface area contributed by atoms with Gasteiger partial charge in [-0.05, 0) is 26.0 Å². The number of thiazole rings is 1. The third-order valence-corrected chi connectivity index (χ3v) is 3.29. The molecule has 0 unspecified atom stereocenters. The van der Waals surface area contributed by atoms with Crippen LogP contribution in [0.1, 0.15) is 13.8 Å². The molecule has 0 amide bonds. The Bertz CT molecular complexity index is 527. The first-order valence-corrected chi connectivity index (χ1v) is 6.81. The maximum absolute atomic E-state index is 4.47. The lowest BCUT2D eigenvalue weighted by atomic mass is 10.2. The summed E-state index contributed by atoms with van der Waals surface area (Å²) >= 11 is 4.97. The maximum atomic E-state index is 4.47. The van der Waals surface area contributed by atoms with E-state index in [-0.39, 0.29) is 0 Å². The molecule has 0 radical (unpaired) electrons. The molecular weight excluding hydrogens is 298 g/mol. The first-order valence-electron chi connectivity index (χ1n) is 5.13. The number of benzene rings is 1. The van der Waals surface area contributed by atoms with Crippen molar-refractivity contribution in [3.8, 4) is 11.3 Å². The van der Waals surface area contributed by atoms with Gasteiger partial charge in [0, 0.05) is 21.1 Å². The molecule has 88 valence electrons. The Labute approximate surface area is 113 Å². The number of hydrogen-bond donors (Lipinski definition) is 1. The number of rotatable bonds is 3. The van der Waals surface area contributed by atoms with Crippen LogP contribution < -0.4 is 5.43 Å². The molecular formula is C12H12BrN3S. The van der Waals surface area contributed by atoms with E-state index < -0.39 is 0 Å². The second kappa shape index (κ2) is 5.42. The van der Waals surface area contributed by atoms with E-state index in [1.807, 2.05) is 43.5 Å². The summed E-state index contributed by atoms with van der Waals surface area (Å²) in [6.07, 6.45) is 0. The Hall–Kier alpha value is -1.20. The highest BCUT2D eigenvalue weighted by Gasteiger charge is 2.03. The average molecular weight is 310 g/mol. The highest BCUT2D eigenvalue weighted by molar-refractivity contribution is 9.10. The fourth-order valence-corrected chi connectivity index (χ4v) is 2.16. The predicted molar refractivity (Wildman–Crippen MR) is 77.7 cm³/mol. The number of aromatic nitrogens is 1. The first-order chi connectivity index (χ1) is 8.15. The standard InChI is InChI=1S/C12H12BrN3S/c1-8(2)15-16-12-14-11(7-17-12)9-3-5-10(13)6-4-9/h3-7H,1-2H3,(H,14,16). The van der Waals surface area contributed by atoms with Crippen molar-refractivity contribution in [3.63, 3.8) is 0 Å². The van der Waals surface area contributed by atoms with Crippen molar-refractivity contribution in [1.82, 2.24) is 4.98 Å². The number of hydrazone groups is 1. The van der Waals surface area contributed by atoms with Crippen molar-refractivity contribution >= 4 is 38.1 Å². The summed E-state index contributed by atoms with van der Waals surface area (Å²) in [4.78, 5) is 4.47. The molecule has 1 aromatic carbocycles. The molecule has 5 heteroatoms. The average Bonchev–Trinajstić information content (AvgIpc) is 2.76. The Kier molecular flexibility index (Phi) is 3.91. The third-order valence-electron chi connectivity index (χ3n) is 2.02. The number of hydrogen-bond acceptors (Lipinski definition) is 4. The molecule has 1 heterocycles. The smallest absolute Gasteiger partial charge is 0.203 e. The van der Waals surface area contributed by atoms with Crippen LogP contribution >= 0.6 is 27.3 Å². The monoisotopic (exact) mass is 309 g/mol. The van der Waals surface area contributed by atoms with E-state index in [0.717, 1.165) is 26.6 Å². The Morgan fingerprint density at radius 2 is 2.00 bits per heavy atom. The molecule has 0 aliphatic carbocycles. The van der Waals surface area contributed by atoms with Gasteiger partial charge < -0.3 is 0 Å². The van der Waals surface area contributed by atoms with Crippen LogP contribution in [0, 0.1) is 0 Å². The predicted octanol–water partition coefficient (Wildman–Crippen LogP) is 4.38. The van der Waals surface area contributed by atoms with Crippen molar-refractivity contribution in [2.75, 3.05) is 5.43 Å². The highest BCUT2D eigenvalue weighted by atomic mass is 79.9. The van der Waals surface area contributed by atoms with Crippen molar-refractivity contribution in [1.29, 1.82) is 0 Å². The summed E-state index contributed by atoms with van der Waals surface area (Å²) in [5, 5.41) is 6.95. The van der Waals surface area contributed by atoms with Crippen molar-refractivity contribution in [3.05, 3.63) is 34.1 Å². The van der Waals surface area contributed by atoms with Crippen LogP contribution in [0.2, 0.25) is 0 Å². The number of anilines is 1. The zero-order valence-corrected chi connectivity index (χ0v) is 12.0. The summed E-state index contributed by atoms with van der Waals surface area (Å²) in [5.41, 5.74) is 5.98. The van der Waals surface area contributed by atoms with Crippen molar-refractivity contribution < 1.29 is 0 Å². The lowest BCUT2D eigenvalue weighted by Crippen LogP contribution is -1.92. The van der Waals surface area contributed by atoms with Crippen molar-refractivity contribution in [2.24, 2.45) is 5.10 Å². The van der Waals surface area contributed by atoms with Crippen molar-refractivity contribution in [2.45, 2.75) is 13.8 Å². The van der Waals surface area contributed by atoms with E-state index in [1.165, 1.54) is 0 Å². The molecule has 3 nitrogen and oxygen atoms in total. The molecule has 0 atom stereocenters.